The molecule has 8 heteroatoms. The van der Waals surface area contributed by atoms with Gasteiger partial charge in [-0.15, -0.1) is 0 Å². The molecule has 0 saturated carbocycles. The first-order chi connectivity index (χ1) is 15.9. The average Bonchev–Trinajstić information content (AvgIpc) is 3.04. The fourth-order valence-corrected chi connectivity index (χ4v) is 3.65. The van der Waals surface area contributed by atoms with Crippen LogP contribution in [0.3, 0.4) is 0 Å². The Morgan fingerprint density at radius 1 is 0.818 bits per heavy atom. The van der Waals surface area contributed by atoms with E-state index < -0.39 is 11.8 Å². The monoisotopic (exact) mass is 479 g/mol. The topological polar surface area (TPSA) is 78.5 Å². The van der Waals surface area contributed by atoms with Gasteiger partial charge in [-0.25, -0.2) is 4.90 Å². The van der Waals surface area contributed by atoms with Gasteiger partial charge in [0, 0.05) is 22.0 Å². The van der Waals surface area contributed by atoms with Gasteiger partial charge >= 0.3 is 0 Å². The van der Waals surface area contributed by atoms with E-state index in [1.807, 2.05) is 24.3 Å². The molecule has 3 amide bonds. The van der Waals surface area contributed by atoms with Crippen molar-refractivity contribution in [2.45, 2.75) is 13.3 Å². The summed E-state index contributed by atoms with van der Waals surface area (Å²) in [5, 5.41) is 6.00. The molecule has 0 fully saturated rings. The maximum absolute atomic E-state index is 12.8. The van der Waals surface area contributed by atoms with Crippen LogP contribution in [0, 0.1) is 0 Å². The number of carbonyl (C=O) groups excluding carboxylic acids is 3. The zero-order chi connectivity index (χ0) is 23.5. The van der Waals surface area contributed by atoms with Crippen molar-refractivity contribution in [3.05, 3.63) is 99.7 Å². The van der Waals surface area contributed by atoms with E-state index in [9.17, 15) is 14.4 Å². The van der Waals surface area contributed by atoms with Gasteiger partial charge in [0.1, 0.15) is 10.7 Å². The minimum absolute atomic E-state index is 0.0372. The Morgan fingerprint density at radius 3 is 2.03 bits per heavy atom. The third-order valence-electron chi connectivity index (χ3n) is 5.15. The number of hydrogen-bond donors (Lipinski definition) is 2. The van der Waals surface area contributed by atoms with Crippen molar-refractivity contribution in [3.63, 3.8) is 0 Å². The Kier molecular flexibility index (Phi) is 6.49. The molecule has 0 spiro atoms. The van der Waals surface area contributed by atoms with Crippen molar-refractivity contribution >= 4 is 58.0 Å². The van der Waals surface area contributed by atoms with E-state index in [1.165, 1.54) is 5.56 Å². The van der Waals surface area contributed by atoms with Crippen molar-refractivity contribution in [3.8, 4) is 0 Å². The average molecular weight is 480 g/mol. The number of rotatable bonds is 6. The highest BCUT2D eigenvalue weighted by Crippen LogP contribution is 2.30. The van der Waals surface area contributed by atoms with Gasteiger partial charge in [0.2, 0.25) is 0 Å². The molecule has 0 unspecified atom stereocenters. The van der Waals surface area contributed by atoms with Gasteiger partial charge in [-0.2, -0.15) is 0 Å². The first-order valence-electron chi connectivity index (χ1n) is 10.2. The molecule has 0 bridgehead atoms. The lowest BCUT2D eigenvalue weighted by Gasteiger charge is -2.15. The van der Waals surface area contributed by atoms with Crippen molar-refractivity contribution in [2.24, 2.45) is 0 Å². The number of hydrogen-bond acceptors (Lipinski definition) is 4. The first-order valence-corrected chi connectivity index (χ1v) is 10.9. The van der Waals surface area contributed by atoms with E-state index in [0.29, 0.717) is 27.6 Å². The molecular formula is C25H19Cl2N3O3. The molecule has 33 heavy (non-hydrogen) atoms. The van der Waals surface area contributed by atoms with E-state index in [-0.39, 0.29) is 16.6 Å². The summed E-state index contributed by atoms with van der Waals surface area (Å²) < 4.78 is 0. The fourth-order valence-electron chi connectivity index (χ4n) is 3.31. The van der Waals surface area contributed by atoms with Crippen LogP contribution in [-0.2, 0) is 16.0 Å². The number of halogens is 2. The zero-order valence-corrected chi connectivity index (χ0v) is 19.1. The summed E-state index contributed by atoms with van der Waals surface area (Å²) in [4.78, 5) is 38.9. The molecule has 1 aliphatic heterocycles. The molecule has 1 aliphatic rings. The van der Waals surface area contributed by atoms with Crippen molar-refractivity contribution in [1.29, 1.82) is 0 Å². The first kappa shape index (κ1) is 22.6. The molecule has 0 saturated heterocycles. The summed E-state index contributed by atoms with van der Waals surface area (Å²) in [6, 6.07) is 20.4. The van der Waals surface area contributed by atoms with Gasteiger partial charge in [-0.05, 0) is 72.6 Å². The van der Waals surface area contributed by atoms with E-state index in [1.54, 1.807) is 48.5 Å². The van der Waals surface area contributed by atoms with E-state index in [2.05, 4.69) is 17.6 Å². The predicted molar refractivity (Wildman–Crippen MR) is 131 cm³/mol. The van der Waals surface area contributed by atoms with Gasteiger partial charge in [-0.1, -0.05) is 42.3 Å². The summed E-state index contributed by atoms with van der Waals surface area (Å²) in [7, 11) is 0. The molecule has 0 aliphatic carbocycles. The second-order valence-electron chi connectivity index (χ2n) is 7.32. The Labute approximate surface area is 200 Å². The maximum atomic E-state index is 12.8. The predicted octanol–water partition coefficient (Wildman–Crippen LogP) is 5.59. The van der Waals surface area contributed by atoms with Crippen LogP contribution in [0.25, 0.3) is 0 Å². The lowest BCUT2D eigenvalue weighted by atomic mass is 10.1. The van der Waals surface area contributed by atoms with Crippen LogP contribution in [0.4, 0.5) is 17.1 Å². The second-order valence-corrected chi connectivity index (χ2v) is 8.13. The third kappa shape index (κ3) is 4.77. The largest absolute Gasteiger partial charge is 0.350 e. The van der Waals surface area contributed by atoms with Gasteiger partial charge in [0.25, 0.3) is 17.7 Å². The summed E-state index contributed by atoms with van der Waals surface area (Å²) in [5.74, 6) is -1.47. The number of carbonyl (C=O) groups is 3. The van der Waals surface area contributed by atoms with Crippen LogP contribution in [0.5, 0.6) is 0 Å². The van der Waals surface area contributed by atoms with Crippen molar-refractivity contribution < 1.29 is 14.4 Å². The number of aryl methyl sites for hydroxylation is 1. The van der Waals surface area contributed by atoms with Gasteiger partial charge < -0.3 is 10.6 Å². The summed E-state index contributed by atoms with van der Waals surface area (Å²) in [6.07, 6.45) is 0.925. The number of benzene rings is 3. The van der Waals surface area contributed by atoms with Crippen LogP contribution < -0.4 is 15.5 Å². The Hall–Kier alpha value is -3.61. The zero-order valence-electron chi connectivity index (χ0n) is 17.6. The van der Waals surface area contributed by atoms with Crippen molar-refractivity contribution in [1.82, 2.24) is 0 Å². The standard InChI is InChI=1S/C25H19Cl2N3O3/c1-2-15-3-9-19(10-4-15)29-23(31)16-5-11-18(12-6-16)28-22-21(27)24(32)30(25(22)33)20-13-7-17(26)8-14-20/h3-14,28H,2H2,1H3,(H,29,31). The maximum Gasteiger partial charge on any atom is 0.283 e. The van der Waals surface area contributed by atoms with E-state index >= 15 is 0 Å². The normalized spacial score (nSPS) is 13.5. The molecule has 0 atom stereocenters. The van der Waals surface area contributed by atoms with Crippen molar-refractivity contribution in [2.75, 3.05) is 15.5 Å². The van der Waals surface area contributed by atoms with E-state index in [4.69, 9.17) is 23.2 Å². The quantitative estimate of drug-likeness (QED) is 0.451. The number of nitrogens with zero attached hydrogens (tertiary/aromatic N) is 1. The Balaban J connectivity index is 1.45. The minimum atomic E-state index is -0.628. The highest BCUT2D eigenvalue weighted by atomic mass is 35.5. The summed E-state index contributed by atoms with van der Waals surface area (Å²) >= 11 is 12.0. The molecule has 3 aromatic rings. The van der Waals surface area contributed by atoms with E-state index in [0.717, 1.165) is 11.3 Å². The second kappa shape index (κ2) is 9.48. The molecule has 4 rings (SSSR count). The molecule has 166 valence electrons. The smallest absolute Gasteiger partial charge is 0.283 e. The Morgan fingerprint density at radius 2 is 1.42 bits per heavy atom. The van der Waals surface area contributed by atoms with Crippen LogP contribution in [0.1, 0.15) is 22.8 Å². The number of anilines is 3. The molecule has 3 aromatic carbocycles. The van der Waals surface area contributed by atoms with Crippen LogP contribution >= 0.6 is 23.2 Å². The van der Waals surface area contributed by atoms with Crippen LogP contribution in [0.2, 0.25) is 5.02 Å². The lowest BCUT2D eigenvalue weighted by Crippen LogP contribution is -2.32. The highest BCUT2D eigenvalue weighted by molar-refractivity contribution is 6.53. The highest BCUT2D eigenvalue weighted by Gasteiger charge is 2.38. The molecule has 2 N–H and O–H groups in total. The summed E-state index contributed by atoms with van der Waals surface area (Å²) in [5.41, 5.74) is 3.16. The molecule has 1 heterocycles. The van der Waals surface area contributed by atoms with Gasteiger partial charge in [0.15, 0.2) is 0 Å². The van der Waals surface area contributed by atoms with Crippen LogP contribution in [-0.4, -0.2) is 17.7 Å². The minimum Gasteiger partial charge on any atom is -0.350 e. The fraction of sp³-hybridized carbons (Fsp3) is 0.0800. The lowest BCUT2D eigenvalue weighted by molar-refractivity contribution is -0.120. The molecule has 0 radical (unpaired) electrons. The summed E-state index contributed by atoms with van der Waals surface area (Å²) in [6.45, 7) is 2.07. The number of nitrogens with one attached hydrogen (secondary N) is 2. The Bertz CT molecular complexity index is 1250. The van der Waals surface area contributed by atoms with Gasteiger partial charge in [-0.3, -0.25) is 14.4 Å². The molecule has 0 aromatic heterocycles. The molecular weight excluding hydrogens is 461 g/mol. The van der Waals surface area contributed by atoms with Gasteiger partial charge in [0.05, 0.1) is 5.69 Å². The molecule has 6 nitrogen and oxygen atoms in total. The SMILES string of the molecule is CCc1ccc(NC(=O)c2ccc(NC3=C(Cl)C(=O)N(c4ccc(Cl)cc4)C3=O)cc2)cc1. The number of imide groups is 1. The van der Waals surface area contributed by atoms with Crippen LogP contribution in [0.15, 0.2) is 83.5 Å². The number of amides is 3. The third-order valence-corrected chi connectivity index (χ3v) is 5.75.